The first kappa shape index (κ1) is 14.3. The zero-order valence-electron chi connectivity index (χ0n) is 9.45. The van der Waals surface area contributed by atoms with Crippen molar-refractivity contribution in [1.82, 2.24) is 0 Å². The average Bonchev–Trinajstić information content (AvgIpc) is 2.35. The zero-order chi connectivity index (χ0) is 13.7. The molecule has 6 heteroatoms. The standard InChI is InChI=1S/C12H14FNO4/c13-9-3-1-8(12(18)10(15)6-14)5-7(9)2-4-11(16)17/h1-5,10,12,15,18H,6,14H2,(H,16,17)/b4-2+. The van der Waals surface area contributed by atoms with Crippen LogP contribution in [0.5, 0.6) is 0 Å². The maximum atomic E-state index is 13.4. The van der Waals surface area contributed by atoms with Gasteiger partial charge in [0.15, 0.2) is 0 Å². The molecule has 0 spiro atoms. The van der Waals surface area contributed by atoms with E-state index in [1.807, 2.05) is 0 Å². The van der Waals surface area contributed by atoms with Gasteiger partial charge >= 0.3 is 5.97 Å². The maximum Gasteiger partial charge on any atom is 0.328 e. The predicted molar refractivity (Wildman–Crippen MR) is 63.1 cm³/mol. The highest BCUT2D eigenvalue weighted by Crippen LogP contribution is 2.20. The molecule has 98 valence electrons. The van der Waals surface area contributed by atoms with Crippen LogP contribution in [0.3, 0.4) is 0 Å². The van der Waals surface area contributed by atoms with Gasteiger partial charge in [0.1, 0.15) is 11.9 Å². The smallest absolute Gasteiger partial charge is 0.328 e. The number of hydrogen-bond acceptors (Lipinski definition) is 4. The average molecular weight is 255 g/mol. The van der Waals surface area contributed by atoms with Gasteiger partial charge in [0.2, 0.25) is 0 Å². The van der Waals surface area contributed by atoms with Crippen molar-refractivity contribution in [3.05, 3.63) is 41.2 Å². The van der Waals surface area contributed by atoms with Gasteiger partial charge < -0.3 is 21.1 Å². The van der Waals surface area contributed by atoms with Crippen molar-refractivity contribution < 1.29 is 24.5 Å². The quantitative estimate of drug-likeness (QED) is 0.566. The van der Waals surface area contributed by atoms with Gasteiger partial charge in [-0.25, -0.2) is 9.18 Å². The molecule has 0 saturated heterocycles. The van der Waals surface area contributed by atoms with Crippen LogP contribution in [-0.4, -0.2) is 33.9 Å². The number of carbonyl (C=O) groups is 1. The van der Waals surface area contributed by atoms with Crippen molar-refractivity contribution in [1.29, 1.82) is 0 Å². The van der Waals surface area contributed by atoms with Crippen molar-refractivity contribution in [3.63, 3.8) is 0 Å². The Labute approximate surface area is 103 Å². The lowest BCUT2D eigenvalue weighted by molar-refractivity contribution is -0.131. The van der Waals surface area contributed by atoms with Crippen molar-refractivity contribution in [2.75, 3.05) is 6.54 Å². The molecule has 1 aromatic carbocycles. The highest BCUT2D eigenvalue weighted by molar-refractivity contribution is 5.85. The third kappa shape index (κ3) is 3.63. The third-order valence-electron chi connectivity index (χ3n) is 2.37. The largest absolute Gasteiger partial charge is 0.478 e. The lowest BCUT2D eigenvalue weighted by atomic mass is 10.0. The van der Waals surface area contributed by atoms with Gasteiger partial charge in [-0.15, -0.1) is 0 Å². The Morgan fingerprint density at radius 1 is 1.44 bits per heavy atom. The predicted octanol–water partition coefficient (Wildman–Crippen LogP) is 0.277. The number of nitrogens with two attached hydrogens (primary N) is 1. The van der Waals surface area contributed by atoms with Gasteiger partial charge in [0, 0.05) is 18.2 Å². The van der Waals surface area contributed by atoms with Crippen LogP contribution in [0.4, 0.5) is 4.39 Å². The Morgan fingerprint density at radius 2 is 2.11 bits per heavy atom. The molecule has 0 aliphatic heterocycles. The normalized spacial score (nSPS) is 14.7. The molecular formula is C12H14FNO4. The summed E-state index contributed by atoms with van der Waals surface area (Å²) in [6.07, 6.45) is -0.546. The second kappa shape index (κ2) is 6.25. The van der Waals surface area contributed by atoms with E-state index >= 15 is 0 Å². The van der Waals surface area contributed by atoms with Crippen molar-refractivity contribution in [2.45, 2.75) is 12.2 Å². The summed E-state index contributed by atoms with van der Waals surface area (Å²) >= 11 is 0. The summed E-state index contributed by atoms with van der Waals surface area (Å²) in [5, 5.41) is 27.5. The summed E-state index contributed by atoms with van der Waals surface area (Å²) in [4.78, 5) is 10.3. The fourth-order valence-electron chi connectivity index (χ4n) is 1.39. The lowest BCUT2D eigenvalue weighted by Gasteiger charge is -2.16. The van der Waals surface area contributed by atoms with Crippen LogP contribution >= 0.6 is 0 Å². The van der Waals surface area contributed by atoms with Crippen molar-refractivity contribution in [2.24, 2.45) is 5.73 Å². The number of hydrogen-bond donors (Lipinski definition) is 4. The van der Waals surface area contributed by atoms with Crippen LogP contribution in [0.25, 0.3) is 6.08 Å². The van der Waals surface area contributed by atoms with Crippen LogP contribution in [0.15, 0.2) is 24.3 Å². The molecule has 5 N–H and O–H groups in total. The summed E-state index contributed by atoms with van der Waals surface area (Å²) in [7, 11) is 0. The Balaban J connectivity index is 3.03. The number of halogens is 1. The van der Waals surface area contributed by atoms with Gasteiger partial charge in [0.05, 0.1) is 6.10 Å². The number of aliphatic carboxylic acids is 1. The minimum atomic E-state index is -1.24. The minimum absolute atomic E-state index is 0.0122. The lowest BCUT2D eigenvalue weighted by Crippen LogP contribution is -2.27. The second-order valence-corrected chi connectivity index (χ2v) is 3.70. The molecule has 2 unspecified atom stereocenters. The topological polar surface area (TPSA) is 104 Å². The van der Waals surface area contributed by atoms with Gasteiger partial charge in [-0.1, -0.05) is 6.07 Å². The summed E-state index contributed by atoms with van der Waals surface area (Å²) < 4.78 is 13.4. The van der Waals surface area contributed by atoms with Crippen LogP contribution in [0.2, 0.25) is 0 Å². The van der Waals surface area contributed by atoms with Gasteiger partial charge in [0.25, 0.3) is 0 Å². The van der Waals surface area contributed by atoms with E-state index in [0.717, 1.165) is 18.2 Å². The Kier molecular flexibility index (Phi) is 4.96. The summed E-state index contributed by atoms with van der Waals surface area (Å²) in [5.41, 5.74) is 5.48. The molecule has 0 saturated carbocycles. The molecule has 0 bridgehead atoms. The number of benzene rings is 1. The van der Waals surface area contributed by atoms with Gasteiger partial charge in [-0.05, 0) is 23.8 Å². The molecule has 18 heavy (non-hydrogen) atoms. The highest BCUT2D eigenvalue weighted by atomic mass is 19.1. The van der Waals surface area contributed by atoms with Crippen LogP contribution in [-0.2, 0) is 4.79 Å². The van der Waals surface area contributed by atoms with Crippen molar-refractivity contribution >= 4 is 12.0 Å². The fourth-order valence-corrected chi connectivity index (χ4v) is 1.39. The van der Waals surface area contributed by atoms with Gasteiger partial charge in [-0.2, -0.15) is 0 Å². The Hall–Kier alpha value is -1.76. The first-order valence-corrected chi connectivity index (χ1v) is 5.22. The number of rotatable bonds is 5. The third-order valence-corrected chi connectivity index (χ3v) is 2.37. The molecule has 1 aromatic rings. The summed E-state index contributed by atoms with van der Waals surface area (Å²) in [5.74, 6) is -1.83. The number of carboxylic acid groups (broad SMARTS) is 1. The van der Waals surface area contributed by atoms with Crippen LogP contribution in [0.1, 0.15) is 17.2 Å². The summed E-state index contributed by atoms with van der Waals surface area (Å²) in [6.45, 7) is -0.140. The van der Waals surface area contributed by atoms with E-state index in [-0.39, 0.29) is 17.7 Å². The molecule has 0 aliphatic rings. The molecule has 0 aliphatic carbocycles. The first-order valence-electron chi connectivity index (χ1n) is 5.22. The van der Waals surface area contributed by atoms with Gasteiger partial charge in [-0.3, -0.25) is 0 Å². The molecule has 0 amide bonds. The van der Waals surface area contributed by atoms with Crippen molar-refractivity contribution in [3.8, 4) is 0 Å². The van der Waals surface area contributed by atoms with E-state index in [4.69, 9.17) is 10.8 Å². The molecule has 0 fully saturated rings. The monoisotopic (exact) mass is 255 g/mol. The van der Waals surface area contributed by atoms with Crippen LogP contribution < -0.4 is 5.73 Å². The van der Waals surface area contributed by atoms with E-state index in [2.05, 4.69) is 0 Å². The Bertz CT molecular complexity index is 461. The number of carboxylic acids is 1. The highest BCUT2D eigenvalue weighted by Gasteiger charge is 2.17. The maximum absolute atomic E-state index is 13.4. The van der Waals surface area contributed by atoms with E-state index in [1.54, 1.807) is 0 Å². The summed E-state index contributed by atoms with van der Waals surface area (Å²) in [6, 6.07) is 3.65. The fraction of sp³-hybridized carbons (Fsp3) is 0.250. The van der Waals surface area contributed by atoms with Crippen LogP contribution in [0, 0.1) is 5.82 Å². The molecule has 2 atom stereocenters. The number of aliphatic hydroxyl groups is 2. The van der Waals surface area contributed by atoms with E-state index in [9.17, 15) is 19.4 Å². The number of aliphatic hydroxyl groups excluding tert-OH is 2. The molecule has 0 aromatic heterocycles. The van der Waals surface area contributed by atoms with E-state index in [1.165, 1.54) is 12.1 Å². The minimum Gasteiger partial charge on any atom is -0.478 e. The molecule has 5 nitrogen and oxygen atoms in total. The molecule has 1 rings (SSSR count). The molecule has 0 heterocycles. The van der Waals surface area contributed by atoms with E-state index < -0.39 is 24.0 Å². The first-order chi connectivity index (χ1) is 8.45. The SMILES string of the molecule is NCC(O)C(O)c1ccc(F)c(/C=C/C(=O)O)c1. The Morgan fingerprint density at radius 3 is 2.67 bits per heavy atom. The second-order valence-electron chi connectivity index (χ2n) is 3.70. The molecule has 0 radical (unpaired) electrons. The molecular weight excluding hydrogens is 241 g/mol. The van der Waals surface area contributed by atoms with E-state index in [0.29, 0.717) is 0 Å². The zero-order valence-corrected chi connectivity index (χ0v) is 9.45.